The second-order valence-corrected chi connectivity index (χ2v) is 21.1. The van der Waals surface area contributed by atoms with Crippen LogP contribution in [0.1, 0.15) is 28.8 Å². The molecule has 3 N–H and O–H groups in total. The van der Waals surface area contributed by atoms with Crippen LogP contribution in [-0.2, 0) is 45.9 Å². The Morgan fingerprint density at radius 1 is 0.620 bits per heavy atom. The van der Waals surface area contributed by atoms with Gasteiger partial charge in [-0.1, -0.05) is 96.7 Å². The first-order valence-corrected chi connectivity index (χ1v) is 26.3. The summed E-state index contributed by atoms with van der Waals surface area (Å²) in [4.78, 5) is 10.2. The van der Waals surface area contributed by atoms with E-state index in [1.807, 2.05) is 29.2 Å². The first-order chi connectivity index (χ1) is 33.0. The molecule has 0 saturated carbocycles. The lowest BCUT2D eigenvalue weighted by molar-refractivity contribution is -0.137. The molecule has 0 atom stereocenters. The Morgan fingerprint density at radius 2 is 1.18 bits per heavy atom. The third kappa shape index (κ3) is 13.3. The second kappa shape index (κ2) is 23.9. The second-order valence-electron chi connectivity index (χ2n) is 17.2. The highest BCUT2D eigenvalue weighted by atomic mass is 35.5. The SMILES string of the molecule is CN1CCc2c(c3ccccc3n2Cc2ccccc2)C1.Cl.Cl.O=S(=O)(O)c1cccc2c(S(=O)(=O)O)cccc12.OCCN1CCN(CCCN2c3ccccc3Sc3ccc(C(F)(F)F)cc32)CC1. The Labute approximate surface area is 429 Å². The van der Waals surface area contributed by atoms with Crippen molar-refractivity contribution in [2.24, 2.45) is 0 Å². The normalized spacial score (nSPS) is 15.2. The molecule has 3 aliphatic rings. The highest BCUT2D eigenvalue weighted by molar-refractivity contribution is 7.99. The molecule has 0 unspecified atom stereocenters. The number of hydrogen-bond donors (Lipinski definition) is 3. The fourth-order valence-corrected chi connectivity index (χ4v) is 11.8. The molecule has 4 heterocycles. The predicted molar refractivity (Wildman–Crippen MR) is 279 cm³/mol. The number of aliphatic hydroxyl groups excluding tert-OH is 1. The molecule has 0 amide bonds. The molecule has 0 bridgehead atoms. The number of piperazine rings is 1. The molecular formula is C51H56Cl2F3N5O7S3. The maximum atomic E-state index is 13.3. The van der Waals surface area contributed by atoms with Crippen LogP contribution >= 0.6 is 36.6 Å². The number of halogens is 5. The van der Waals surface area contributed by atoms with E-state index in [4.69, 9.17) is 14.2 Å². The molecule has 1 fully saturated rings. The number of fused-ring (bicyclic) bond motifs is 6. The van der Waals surface area contributed by atoms with Gasteiger partial charge in [0.25, 0.3) is 20.2 Å². The molecule has 10 rings (SSSR count). The molecule has 12 nitrogen and oxygen atoms in total. The molecule has 20 heteroatoms. The van der Waals surface area contributed by atoms with Crippen LogP contribution in [0.25, 0.3) is 21.7 Å². The summed E-state index contributed by atoms with van der Waals surface area (Å²) in [5.74, 6) is 0. The van der Waals surface area contributed by atoms with Gasteiger partial charge in [-0.05, 0) is 79.7 Å². The molecule has 0 spiro atoms. The van der Waals surface area contributed by atoms with Gasteiger partial charge < -0.3 is 24.4 Å². The van der Waals surface area contributed by atoms with E-state index in [1.54, 1.807) is 6.07 Å². The number of anilines is 2. The number of para-hydroxylation sites is 2. The van der Waals surface area contributed by atoms with Gasteiger partial charge in [-0.3, -0.25) is 14.0 Å². The zero-order valence-electron chi connectivity index (χ0n) is 38.8. The monoisotopic (exact) mass is 1070 g/mol. The number of aliphatic hydroxyl groups is 1. The first kappa shape index (κ1) is 55.6. The van der Waals surface area contributed by atoms with E-state index in [0.717, 1.165) is 92.8 Å². The Hall–Kier alpha value is -4.70. The van der Waals surface area contributed by atoms with E-state index in [2.05, 4.69) is 80.9 Å². The van der Waals surface area contributed by atoms with Gasteiger partial charge in [0.1, 0.15) is 9.79 Å². The van der Waals surface area contributed by atoms with Crippen LogP contribution in [0.5, 0.6) is 0 Å². The molecular weight excluding hydrogens is 1020 g/mol. The van der Waals surface area contributed by atoms with E-state index >= 15 is 0 Å². The number of likely N-dealkylation sites (N-methyl/N-ethyl adjacent to an activating group) is 1. The summed E-state index contributed by atoms with van der Waals surface area (Å²) in [6.45, 7) is 9.48. The summed E-state index contributed by atoms with van der Waals surface area (Å²) in [5.41, 5.74) is 6.81. The molecule has 6 aromatic carbocycles. The summed E-state index contributed by atoms with van der Waals surface area (Å²) >= 11 is 1.53. The summed E-state index contributed by atoms with van der Waals surface area (Å²) in [5, 5.41) is 10.5. The first-order valence-electron chi connectivity index (χ1n) is 22.6. The van der Waals surface area contributed by atoms with Crippen molar-refractivity contribution in [3.63, 3.8) is 0 Å². The molecule has 7 aromatic rings. The van der Waals surface area contributed by atoms with Gasteiger partial charge in [-0.2, -0.15) is 30.0 Å². The molecule has 0 aliphatic carbocycles. The lowest BCUT2D eigenvalue weighted by atomic mass is 10.1. The van der Waals surface area contributed by atoms with Crippen LogP contribution < -0.4 is 4.90 Å². The van der Waals surface area contributed by atoms with Gasteiger partial charge in [0.2, 0.25) is 0 Å². The van der Waals surface area contributed by atoms with Crippen molar-refractivity contribution in [1.29, 1.82) is 0 Å². The van der Waals surface area contributed by atoms with Crippen LogP contribution in [0.3, 0.4) is 0 Å². The Bertz CT molecular complexity index is 3090. The average molecular weight is 1080 g/mol. The van der Waals surface area contributed by atoms with Crippen LogP contribution in [0.2, 0.25) is 0 Å². The van der Waals surface area contributed by atoms with Crippen molar-refractivity contribution in [2.45, 2.75) is 51.7 Å². The highest BCUT2D eigenvalue weighted by Crippen LogP contribution is 2.49. The fraction of sp³-hybridized carbons (Fsp3) is 0.294. The zero-order valence-corrected chi connectivity index (χ0v) is 42.9. The van der Waals surface area contributed by atoms with Crippen molar-refractivity contribution in [1.82, 2.24) is 19.3 Å². The minimum atomic E-state index is -4.47. The van der Waals surface area contributed by atoms with Crippen LogP contribution in [0.15, 0.2) is 153 Å². The fourth-order valence-electron chi connectivity index (χ4n) is 9.26. The van der Waals surface area contributed by atoms with Crippen LogP contribution in [0.4, 0.5) is 24.5 Å². The number of alkyl halides is 3. The van der Waals surface area contributed by atoms with Gasteiger partial charge in [-0.15, -0.1) is 24.8 Å². The third-order valence-corrected chi connectivity index (χ3v) is 15.6. The third-order valence-electron chi connectivity index (χ3n) is 12.6. The molecule has 71 heavy (non-hydrogen) atoms. The molecule has 3 aliphatic heterocycles. The zero-order chi connectivity index (χ0) is 48.9. The number of β-amino-alcohol motifs (C(OH)–C–C–N with tert-alkyl or cyclic N) is 1. The van der Waals surface area contributed by atoms with E-state index in [1.165, 1.54) is 75.9 Å². The smallest absolute Gasteiger partial charge is 0.395 e. The molecule has 1 saturated heterocycles. The summed E-state index contributed by atoms with van der Waals surface area (Å²) in [6, 6.07) is 39.1. The lowest BCUT2D eigenvalue weighted by Crippen LogP contribution is -2.47. The number of hydrogen-bond acceptors (Lipinski definition) is 10. The maximum absolute atomic E-state index is 13.3. The Morgan fingerprint density at radius 3 is 1.80 bits per heavy atom. The number of benzene rings is 6. The van der Waals surface area contributed by atoms with Crippen molar-refractivity contribution >= 4 is 89.9 Å². The maximum Gasteiger partial charge on any atom is 0.416 e. The lowest BCUT2D eigenvalue weighted by Gasteiger charge is -2.36. The molecule has 380 valence electrons. The van der Waals surface area contributed by atoms with Crippen molar-refractivity contribution in [2.75, 3.05) is 70.9 Å². The van der Waals surface area contributed by atoms with E-state index in [0.29, 0.717) is 18.8 Å². The number of nitrogens with zero attached hydrogens (tertiary/aromatic N) is 5. The quantitative estimate of drug-likeness (QED) is 0.112. The van der Waals surface area contributed by atoms with Crippen molar-refractivity contribution in [3.8, 4) is 0 Å². The topological polar surface area (TPSA) is 147 Å². The van der Waals surface area contributed by atoms with Crippen LogP contribution in [-0.4, -0.2) is 116 Å². The summed E-state index contributed by atoms with van der Waals surface area (Å²) < 4.78 is 105. The van der Waals surface area contributed by atoms with Gasteiger partial charge >= 0.3 is 6.18 Å². The van der Waals surface area contributed by atoms with Gasteiger partial charge in [0.15, 0.2) is 0 Å². The van der Waals surface area contributed by atoms with Crippen molar-refractivity contribution in [3.05, 3.63) is 156 Å². The van der Waals surface area contributed by atoms with Gasteiger partial charge in [-0.25, -0.2) is 0 Å². The largest absolute Gasteiger partial charge is 0.416 e. The number of aromatic nitrogens is 1. The standard InChI is InChI=1S/C22H26F3N3OS.C19H20N2.C10H8O6S2.2ClH/c23-22(24,25)17-6-7-21-19(16-17)28(18-4-1-2-5-20(18)30-21)9-3-8-26-10-12-27(13-11-26)14-15-29;1-20-12-11-19-17(14-20)16-9-5-6-10-18(16)21(19)13-15-7-3-2-4-8-15;11-17(12,13)9-5-1-3-7-8(9)4-2-6-10(7)18(14,15)16;;/h1-2,4-7,16,29H,3,8-15H2;2-10H,11-14H2,1H3;1-6H,(H,11,12,13)(H,14,15,16);2*1H. The van der Waals surface area contributed by atoms with E-state index in [-0.39, 0.29) is 42.2 Å². The summed E-state index contributed by atoms with van der Waals surface area (Å²) in [6.07, 6.45) is -2.33. The molecule has 1 aromatic heterocycles. The summed E-state index contributed by atoms with van der Waals surface area (Å²) in [7, 11) is -6.72. The average Bonchev–Trinajstić information content (AvgIpc) is 3.63. The number of rotatable bonds is 10. The highest BCUT2D eigenvalue weighted by Gasteiger charge is 2.33. The van der Waals surface area contributed by atoms with Gasteiger partial charge in [0, 0.05) is 102 Å². The van der Waals surface area contributed by atoms with E-state index < -0.39 is 41.8 Å². The molecule has 0 radical (unpaired) electrons. The van der Waals surface area contributed by atoms with Crippen molar-refractivity contribution < 1.29 is 44.2 Å². The van der Waals surface area contributed by atoms with E-state index in [9.17, 15) is 30.0 Å². The minimum Gasteiger partial charge on any atom is -0.395 e. The Kier molecular flexibility index (Phi) is 18.7. The Balaban J connectivity index is 0.000000178. The van der Waals surface area contributed by atoms with Gasteiger partial charge in [0.05, 0.1) is 23.5 Å². The minimum absolute atomic E-state index is 0. The van der Waals surface area contributed by atoms with Crippen LogP contribution in [0, 0.1) is 0 Å². The predicted octanol–water partition coefficient (Wildman–Crippen LogP) is 10.2.